The summed E-state index contributed by atoms with van der Waals surface area (Å²) in [6, 6.07) is 5.45. The molecule has 134 valence electrons. The van der Waals surface area contributed by atoms with E-state index in [1.54, 1.807) is 25.2 Å². The second-order valence-corrected chi connectivity index (χ2v) is 6.74. The molecule has 7 heteroatoms. The highest BCUT2D eigenvalue weighted by atomic mass is 19.1. The maximum atomic E-state index is 13.9. The number of hydrogen-bond donors (Lipinski definition) is 1. The summed E-state index contributed by atoms with van der Waals surface area (Å²) in [5, 5.41) is 9.07. The predicted molar refractivity (Wildman–Crippen MR) is 88.4 cm³/mol. The number of carboxylic acids is 1. The van der Waals surface area contributed by atoms with Crippen LogP contribution in [0.5, 0.6) is 0 Å². The first kappa shape index (κ1) is 17.4. The van der Waals surface area contributed by atoms with E-state index in [1.807, 2.05) is 0 Å². The van der Waals surface area contributed by atoms with Gasteiger partial charge in [-0.15, -0.1) is 0 Å². The van der Waals surface area contributed by atoms with Crippen molar-refractivity contribution in [3.8, 4) is 0 Å². The molecule has 2 fully saturated rings. The van der Waals surface area contributed by atoms with Crippen molar-refractivity contribution in [3.05, 3.63) is 30.1 Å². The normalized spacial score (nSPS) is 26.1. The molecule has 1 N–H and O–H groups in total. The van der Waals surface area contributed by atoms with E-state index in [0.717, 1.165) is 0 Å². The molecule has 1 aromatic rings. The number of hydrogen-bond acceptors (Lipinski definition) is 3. The highest BCUT2D eigenvalue weighted by Gasteiger charge is 2.41. The van der Waals surface area contributed by atoms with Gasteiger partial charge in [0.25, 0.3) is 0 Å². The monoisotopic (exact) mass is 348 g/mol. The van der Waals surface area contributed by atoms with Crippen molar-refractivity contribution in [2.24, 2.45) is 11.8 Å². The van der Waals surface area contributed by atoms with Crippen LogP contribution < -0.4 is 4.90 Å². The predicted octanol–water partition coefficient (Wildman–Crippen LogP) is 1.89. The lowest BCUT2D eigenvalue weighted by Gasteiger charge is -2.26. The van der Waals surface area contributed by atoms with E-state index in [1.165, 1.54) is 15.9 Å². The maximum Gasteiger partial charge on any atom is 0.306 e. The Bertz CT molecular complexity index is 708. The van der Waals surface area contributed by atoms with Gasteiger partial charge in [0, 0.05) is 19.5 Å². The topological polar surface area (TPSA) is 77.9 Å². The van der Waals surface area contributed by atoms with Gasteiger partial charge in [0.1, 0.15) is 11.9 Å². The minimum Gasteiger partial charge on any atom is -0.481 e. The highest BCUT2D eigenvalue weighted by Crippen LogP contribution is 2.34. The number of carboxylic acid groups (broad SMARTS) is 1. The molecule has 25 heavy (non-hydrogen) atoms. The third-order valence-corrected chi connectivity index (χ3v) is 5.27. The number of anilines is 1. The number of benzene rings is 1. The van der Waals surface area contributed by atoms with Crippen LogP contribution in [-0.2, 0) is 14.4 Å². The van der Waals surface area contributed by atoms with Gasteiger partial charge in [0.05, 0.1) is 11.6 Å². The zero-order chi connectivity index (χ0) is 18.1. The molecule has 0 spiro atoms. The molecule has 1 unspecified atom stereocenters. The largest absolute Gasteiger partial charge is 0.481 e. The van der Waals surface area contributed by atoms with Crippen molar-refractivity contribution in [1.29, 1.82) is 0 Å². The van der Waals surface area contributed by atoms with Crippen molar-refractivity contribution in [2.75, 3.05) is 18.5 Å². The van der Waals surface area contributed by atoms with Gasteiger partial charge in [-0.1, -0.05) is 12.1 Å². The van der Waals surface area contributed by atoms with Gasteiger partial charge in [0.2, 0.25) is 11.8 Å². The average Bonchev–Trinajstić information content (AvgIpc) is 3.21. The Morgan fingerprint density at radius 1 is 1.20 bits per heavy atom. The van der Waals surface area contributed by atoms with Gasteiger partial charge in [-0.05, 0) is 37.8 Å². The van der Waals surface area contributed by atoms with Crippen molar-refractivity contribution < 1.29 is 23.9 Å². The second kappa shape index (κ2) is 6.82. The summed E-state index contributed by atoms with van der Waals surface area (Å²) in [6.07, 6.45) is 1.76. The molecule has 2 amide bonds. The third kappa shape index (κ3) is 3.23. The van der Waals surface area contributed by atoms with Crippen LogP contribution in [0.3, 0.4) is 0 Å². The summed E-state index contributed by atoms with van der Waals surface area (Å²) in [5.41, 5.74) is 0.225. The lowest BCUT2D eigenvalue weighted by molar-refractivity contribution is -0.142. The van der Waals surface area contributed by atoms with E-state index in [9.17, 15) is 18.8 Å². The molecule has 1 saturated heterocycles. The molecular weight excluding hydrogens is 327 g/mol. The van der Waals surface area contributed by atoms with E-state index >= 15 is 0 Å². The zero-order valence-electron chi connectivity index (χ0n) is 14.0. The molecule has 1 aliphatic carbocycles. The number of halogens is 1. The molecule has 0 bridgehead atoms. The van der Waals surface area contributed by atoms with Crippen LogP contribution in [0, 0.1) is 17.7 Å². The summed E-state index contributed by atoms with van der Waals surface area (Å²) in [6.45, 7) is 0.352. The van der Waals surface area contributed by atoms with E-state index in [2.05, 4.69) is 0 Å². The smallest absolute Gasteiger partial charge is 0.306 e. The van der Waals surface area contributed by atoms with Gasteiger partial charge >= 0.3 is 5.97 Å². The Morgan fingerprint density at radius 2 is 1.88 bits per heavy atom. The average molecular weight is 348 g/mol. The quantitative estimate of drug-likeness (QED) is 0.901. The Labute approximate surface area is 145 Å². The van der Waals surface area contributed by atoms with Gasteiger partial charge in [-0.3, -0.25) is 14.4 Å². The lowest BCUT2D eigenvalue weighted by Crippen LogP contribution is -2.45. The molecule has 6 nitrogen and oxygen atoms in total. The molecule has 1 heterocycles. The first-order valence-electron chi connectivity index (χ1n) is 8.45. The van der Waals surface area contributed by atoms with Crippen LogP contribution in [0.15, 0.2) is 24.3 Å². The summed E-state index contributed by atoms with van der Waals surface area (Å²) in [5.74, 6) is -2.68. The molecule has 3 rings (SSSR count). The van der Waals surface area contributed by atoms with Crippen LogP contribution in [-0.4, -0.2) is 47.4 Å². The van der Waals surface area contributed by atoms with Crippen LogP contribution in [0.1, 0.15) is 25.7 Å². The van der Waals surface area contributed by atoms with E-state index < -0.39 is 23.7 Å². The number of aliphatic carboxylic acids is 1. The van der Waals surface area contributed by atoms with Crippen LogP contribution in [0.4, 0.5) is 10.1 Å². The Balaban J connectivity index is 1.68. The number of carbonyl (C=O) groups is 3. The third-order valence-electron chi connectivity index (χ3n) is 5.27. The number of nitrogens with zero attached hydrogens (tertiary/aromatic N) is 2. The molecule has 3 atom stereocenters. The first-order valence-corrected chi connectivity index (χ1v) is 8.45. The van der Waals surface area contributed by atoms with Gasteiger partial charge in [-0.2, -0.15) is 0 Å². The molecule has 0 radical (unpaired) electrons. The van der Waals surface area contributed by atoms with Gasteiger partial charge < -0.3 is 14.9 Å². The van der Waals surface area contributed by atoms with Gasteiger partial charge in [0.15, 0.2) is 0 Å². The standard InChI is InChI=1S/C18H21FN2O4/c1-20(16(22)11-6-7-12(10-11)18(24)25)15-8-9-21(17(15)23)14-5-3-2-4-13(14)19/h2-5,11-12,15H,6-10H2,1H3,(H,24,25)/t11-,12+,15?/m1/s1. The van der Waals surface area contributed by atoms with Crippen molar-refractivity contribution >= 4 is 23.5 Å². The van der Waals surface area contributed by atoms with Crippen LogP contribution in [0.2, 0.25) is 0 Å². The lowest BCUT2D eigenvalue weighted by atomic mass is 10.0. The van der Waals surface area contributed by atoms with Gasteiger partial charge in [-0.25, -0.2) is 4.39 Å². The SMILES string of the molecule is CN(C(=O)[C@@H]1CC[C@H](C(=O)O)C1)C1CCN(c2ccccc2F)C1=O. The second-order valence-electron chi connectivity index (χ2n) is 6.74. The summed E-state index contributed by atoms with van der Waals surface area (Å²) in [4.78, 5) is 39.2. The Morgan fingerprint density at radius 3 is 2.52 bits per heavy atom. The van der Waals surface area contributed by atoms with Crippen molar-refractivity contribution in [2.45, 2.75) is 31.7 Å². The van der Waals surface area contributed by atoms with Crippen LogP contribution in [0.25, 0.3) is 0 Å². The summed E-state index contributed by atoms with van der Waals surface area (Å²) >= 11 is 0. The summed E-state index contributed by atoms with van der Waals surface area (Å²) in [7, 11) is 1.57. The minimum absolute atomic E-state index is 0.197. The summed E-state index contributed by atoms with van der Waals surface area (Å²) < 4.78 is 13.9. The van der Waals surface area contributed by atoms with E-state index in [-0.39, 0.29) is 23.4 Å². The zero-order valence-corrected chi connectivity index (χ0v) is 14.0. The van der Waals surface area contributed by atoms with Crippen LogP contribution >= 0.6 is 0 Å². The van der Waals surface area contributed by atoms with Crippen molar-refractivity contribution in [3.63, 3.8) is 0 Å². The fraction of sp³-hybridized carbons (Fsp3) is 0.500. The fourth-order valence-electron chi connectivity index (χ4n) is 3.81. The molecule has 1 aromatic carbocycles. The Kier molecular flexibility index (Phi) is 4.74. The van der Waals surface area contributed by atoms with E-state index in [0.29, 0.717) is 32.2 Å². The molecule has 1 aliphatic heterocycles. The number of para-hydroxylation sites is 1. The molecule has 1 saturated carbocycles. The minimum atomic E-state index is -0.874. The van der Waals surface area contributed by atoms with Crippen molar-refractivity contribution in [1.82, 2.24) is 4.90 Å². The Hall–Kier alpha value is -2.44. The fourth-order valence-corrected chi connectivity index (χ4v) is 3.81. The number of rotatable bonds is 4. The highest BCUT2D eigenvalue weighted by molar-refractivity contribution is 6.01. The number of likely N-dealkylation sites (N-methyl/N-ethyl adjacent to an activating group) is 1. The molecule has 2 aliphatic rings. The number of carbonyl (C=O) groups excluding carboxylic acids is 2. The van der Waals surface area contributed by atoms with E-state index in [4.69, 9.17) is 5.11 Å². The first-order chi connectivity index (χ1) is 11.9. The number of amides is 2. The molecular formula is C18H21FN2O4. The molecule has 0 aromatic heterocycles. The maximum absolute atomic E-state index is 13.9.